The number of methoxy groups -OCH3 is 1. The Morgan fingerprint density at radius 1 is 1.33 bits per heavy atom. The van der Waals surface area contributed by atoms with E-state index in [1.54, 1.807) is 0 Å². The highest BCUT2D eigenvalue weighted by Gasteiger charge is 2.32. The fourth-order valence-corrected chi connectivity index (χ4v) is 0.784. The maximum absolute atomic E-state index is 11.0. The quantitative estimate of drug-likeness (QED) is 0.376. The Kier molecular flexibility index (Phi) is 1.95. The number of rotatable bonds is 1. The number of ketones is 1. The summed E-state index contributed by atoms with van der Waals surface area (Å²) < 4.78 is 4.54. The number of ether oxygens (including phenoxy) is 1. The minimum absolute atomic E-state index is 0.205. The second-order valence-electron chi connectivity index (χ2n) is 2.24. The monoisotopic (exact) mass is 169 g/mol. The van der Waals surface area contributed by atoms with Crippen molar-refractivity contribution in [3.63, 3.8) is 0 Å². The minimum atomic E-state index is -0.862. The van der Waals surface area contributed by atoms with Gasteiger partial charge in [-0.25, -0.2) is 0 Å². The third-order valence-electron chi connectivity index (χ3n) is 1.53. The number of likely N-dealkylation sites (N-methyl/N-ethyl adjacent to an activating group) is 1. The molecule has 0 atom stereocenters. The van der Waals surface area contributed by atoms with Gasteiger partial charge in [0.2, 0.25) is 0 Å². The average molecular weight is 169 g/mol. The van der Waals surface area contributed by atoms with Gasteiger partial charge < -0.3 is 4.74 Å². The zero-order valence-corrected chi connectivity index (χ0v) is 6.66. The number of Topliss-reactive ketones (excluding diaryl/α,β-unsaturated/α-hetero) is 1. The Balaban J connectivity index is 3.08. The predicted molar refractivity (Wildman–Crippen MR) is 37.9 cm³/mol. The van der Waals surface area contributed by atoms with Crippen LogP contribution in [0.5, 0.6) is 0 Å². The van der Waals surface area contributed by atoms with Crippen molar-refractivity contribution in [2.45, 2.75) is 0 Å². The molecular formula is C7H7NO4. The Morgan fingerprint density at radius 3 is 2.42 bits per heavy atom. The number of hydrogen-bond acceptors (Lipinski definition) is 4. The summed E-state index contributed by atoms with van der Waals surface area (Å²) in [6.07, 6.45) is 0.990. The molecule has 5 nitrogen and oxygen atoms in total. The van der Waals surface area contributed by atoms with Crippen molar-refractivity contribution in [2.75, 3.05) is 14.2 Å². The highest BCUT2D eigenvalue weighted by Crippen LogP contribution is 2.08. The summed E-state index contributed by atoms with van der Waals surface area (Å²) in [5.74, 6) is -2.40. The van der Waals surface area contributed by atoms with Crippen LogP contribution in [0.4, 0.5) is 0 Å². The van der Waals surface area contributed by atoms with Crippen LogP contribution in [0.3, 0.4) is 0 Å². The van der Waals surface area contributed by atoms with Gasteiger partial charge in [0.15, 0.2) is 5.76 Å². The summed E-state index contributed by atoms with van der Waals surface area (Å²) in [7, 11) is 2.47. The Labute approximate surface area is 68.6 Å². The van der Waals surface area contributed by atoms with Gasteiger partial charge in [-0.1, -0.05) is 0 Å². The summed E-state index contributed by atoms with van der Waals surface area (Å²) in [4.78, 5) is 33.6. The van der Waals surface area contributed by atoms with Crippen LogP contribution >= 0.6 is 0 Å². The zero-order valence-electron chi connectivity index (χ0n) is 6.66. The van der Waals surface area contributed by atoms with Gasteiger partial charge in [-0.3, -0.25) is 19.3 Å². The van der Waals surface area contributed by atoms with Crippen LogP contribution in [-0.4, -0.2) is 36.7 Å². The van der Waals surface area contributed by atoms with Crippen LogP contribution in [0.2, 0.25) is 0 Å². The molecule has 12 heavy (non-hydrogen) atoms. The summed E-state index contributed by atoms with van der Waals surface area (Å²) >= 11 is 0. The third-order valence-corrected chi connectivity index (χ3v) is 1.53. The van der Waals surface area contributed by atoms with Crippen LogP contribution in [0.15, 0.2) is 11.8 Å². The fourth-order valence-electron chi connectivity index (χ4n) is 0.784. The lowest BCUT2D eigenvalue weighted by molar-refractivity contribution is -0.150. The van der Waals surface area contributed by atoms with Gasteiger partial charge >= 0.3 is 5.91 Å². The number of carbonyl (C=O) groups is 3. The molecule has 1 aliphatic rings. The number of amides is 2. The van der Waals surface area contributed by atoms with Crippen molar-refractivity contribution >= 4 is 17.6 Å². The van der Waals surface area contributed by atoms with Crippen molar-refractivity contribution in [2.24, 2.45) is 0 Å². The zero-order chi connectivity index (χ0) is 9.30. The van der Waals surface area contributed by atoms with Crippen LogP contribution in [0.25, 0.3) is 0 Å². The van der Waals surface area contributed by atoms with Crippen LogP contribution in [0, 0.1) is 0 Å². The topological polar surface area (TPSA) is 63.7 Å². The molecule has 0 aliphatic carbocycles. The summed E-state index contributed by atoms with van der Waals surface area (Å²) in [5.41, 5.74) is 0. The van der Waals surface area contributed by atoms with Crippen LogP contribution in [-0.2, 0) is 19.1 Å². The van der Waals surface area contributed by atoms with Gasteiger partial charge in [-0.2, -0.15) is 0 Å². The SMILES string of the molecule is COC1=CC(=O)N(C)C(=O)C1=O. The van der Waals surface area contributed by atoms with E-state index in [1.807, 2.05) is 0 Å². The first-order chi connectivity index (χ1) is 5.57. The molecule has 64 valence electrons. The van der Waals surface area contributed by atoms with Gasteiger partial charge in [-0.05, 0) is 0 Å². The molecule has 2 amide bonds. The first kappa shape index (κ1) is 8.45. The molecule has 0 N–H and O–H groups in total. The number of carbonyl (C=O) groups excluding carboxylic acids is 3. The molecule has 1 heterocycles. The van der Waals surface area contributed by atoms with E-state index in [2.05, 4.69) is 4.74 Å². The van der Waals surface area contributed by atoms with Crippen molar-refractivity contribution in [3.8, 4) is 0 Å². The van der Waals surface area contributed by atoms with E-state index in [-0.39, 0.29) is 5.76 Å². The van der Waals surface area contributed by atoms with E-state index < -0.39 is 17.6 Å². The van der Waals surface area contributed by atoms with Crippen molar-refractivity contribution in [1.29, 1.82) is 0 Å². The molecule has 0 radical (unpaired) electrons. The second kappa shape index (κ2) is 2.77. The van der Waals surface area contributed by atoms with Gasteiger partial charge in [0, 0.05) is 13.1 Å². The Bertz CT molecular complexity index is 292. The lowest BCUT2D eigenvalue weighted by Crippen LogP contribution is -2.42. The third kappa shape index (κ3) is 1.09. The maximum atomic E-state index is 11.0. The van der Waals surface area contributed by atoms with Gasteiger partial charge in [0.1, 0.15) is 0 Å². The average Bonchev–Trinajstić information content (AvgIpc) is 2.08. The normalized spacial score (nSPS) is 18.0. The molecule has 0 bridgehead atoms. The highest BCUT2D eigenvalue weighted by atomic mass is 16.5. The van der Waals surface area contributed by atoms with E-state index in [0.717, 1.165) is 11.0 Å². The molecule has 0 aromatic heterocycles. The Hall–Kier alpha value is -1.65. The summed E-state index contributed by atoms with van der Waals surface area (Å²) in [6.45, 7) is 0. The standard InChI is InChI=1S/C7H7NO4/c1-8-5(9)3-4(12-2)6(10)7(8)11/h3H,1-2H3. The van der Waals surface area contributed by atoms with E-state index in [9.17, 15) is 14.4 Å². The smallest absolute Gasteiger partial charge is 0.304 e. The number of nitrogens with zero attached hydrogens (tertiary/aromatic N) is 1. The van der Waals surface area contributed by atoms with E-state index in [4.69, 9.17) is 0 Å². The van der Waals surface area contributed by atoms with Gasteiger partial charge in [0.25, 0.3) is 11.7 Å². The summed E-state index contributed by atoms with van der Waals surface area (Å²) in [6, 6.07) is 0. The molecular weight excluding hydrogens is 162 g/mol. The molecule has 0 fully saturated rings. The van der Waals surface area contributed by atoms with Crippen LogP contribution in [0.1, 0.15) is 0 Å². The minimum Gasteiger partial charge on any atom is -0.492 e. The molecule has 1 aliphatic heterocycles. The Morgan fingerprint density at radius 2 is 1.92 bits per heavy atom. The molecule has 0 aromatic rings. The van der Waals surface area contributed by atoms with Crippen molar-refractivity contribution in [1.82, 2.24) is 4.90 Å². The molecule has 0 aromatic carbocycles. The molecule has 5 heteroatoms. The van der Waals surface area contributed by atoms with Gasteiger partial charge in [0.05, 0.1) is 7.11 Å². The molecule has 0 spiro atoms. The van der Waals surface area contributed by atoms with E-state index in [1.165, 1.54) is 14.2 Å². The second-order valence-corrected chi connectivity index (χ2v) is 2.24. The molecule has 0 saturated heterocycles. The van der Waals surface area contributed by atoms with E-state index >= 15 is 0 Å². The first-order valence-electron chi connectivity index (χ1n) is 3.20. The molecule has 0 saturated carbocycles. The fraction of sp³-hybridized carbons (Fsp3) is 0.286. The highest BCUT2D eigenvalue weighted by molar-refractivity contribution is 6.46. The van der Waals surface area contributed by atoms with E-state index in [0.29, 0.717) is 0 Å². The largest absolute Gasteiger partial charge is 0.492 e. The van der Waals surface area contributed by atoms with Crippen LogP contribution < -0.4 is 0 Å². The lowest BCUT2D eigenvalue weighted by Gasteiger charge is -2.17. The molecule has 0 unspecified atom stereocenters. The first-order valence-corrected chi connectivity index (χ1v) is 3.20. The van der Waals surface area contributed by atoms with Crippen molar-refractivity contribution in [3.05, 3.63) is 11.8 Å². The number of imide groups is 1. The maximum Gasteiger partial charge on any atom is 0.304 e. The number of hydrogen-bond donors (Lipinski definition) is 0. The lowest BCUT2D eigenvalue weighted by atomic mass is 10.2. The molecule has 1 rings (SSSR count). The van der Waals surface area contributed by atoms with Gasteiger partial charge in [-0.15, -0.1) is 0 Å². The summed E-state index contributed by atoms with van der Waals surface area (Å²) in [5, 5.41) is 0. The predicted octanol–water partition coefficient (Wildman–Crippen LogP) is -0.916. The van der Waals surface area contributed by atoms with Crippen molar-refractivity contribution < 1.29 is 19.1 Å².